The molecule has 1 aliphatic carbocycles. The van der Waals surface area contributed by atoms with Crippen LogP contribution in [0.25, 0.3) is 28.1 Å². The number of halogens is 2. The van der Waals surface area contributed by atoms with Crippen molar-refractivity contribution in [1.29, 1.82) is 0 Å². The summed E-state index contributed by atoms with van der Waals surface area (Å²) in [5.74, 6) is -1.29. The summed E-state index contributed by atoms with van der Waals surface area (Å²) >= 11 is 6.61. The van der Waals surface area contributed by atoms with Crippen LogP contribution in [-0.2, 0) is 4.79 Å². The Bertz CT molecular complexity index is 1440. The Morgan fingerprint density at radius 3 is 2.65 bits per heavy atom. The van der Waals surface area contributed by atoms with Gasteiger partial charge in [0.15, 0.2) is 0 Å². The van der Waals surface area contributed by atoms with Crippen LogP contribution in [0, 0.1) is 11.9 Å². The Hall–Kier alpha value is -3.84. The molecule has 4 aromatic rings. The third-order valence-electron chi connectivity index (χ3n) is 6.06. The van der Waals surface area contributed by atoms with Crippen molar-refractivity contribution in [1.82, 2.24) is 20.2 Å². The van der Waals surface area contributed by atoms with Crippen LogP contribution in [0.3, 0.4) is 0 Å². The van der Waals surface area contributed by atoms with E-state index >= 15 is 0 Å². The molecule has 0 atom stereocenters. The number of pyridine rings is 2. The number of carboxylic acids is 1. The third kappa shape index (κ3) is 4.22. The second kappa shape index (κ2) is 9.19. The van der Waals surface area contributed by atoms with Gasteiger partial charge in [-0.15, -0.1) is 0 Å². The summed E-state index contributed by atoms with van der Waals surface area (Å²) < 4.78 is 14.4. The zero-order valence-corrected chi connectivity index (χ0v) is 18.8. The number of aromatic amines is 1. The van der Waals surface area contributed by atoms with E-state index in [-0.39, 0.29) is 5.92 Å². The van der Waals surface area contributed by atoms with Crippen molar-refractivity contribution in [2.24, 2.45) is 5.92 Å². The van der Waals surface area contributed by atoms with Crippen molar-refractivity contribution < 1.29 is 14.3 Å². The molecule has 5 rings (SSSR count). The fraction of sp³-hybridized carbons (Fsp3) is 0.154. The molecule has 170 valence electrons. The van der Waals surface area contributed by atoms with E-state index < -0.39 is 11.9 Å². The normalized spacial score (nSPS) is 14.9. The third-order valence-corrected chi connectivity index (χ3v) is 6.37. The molecular formula is C26H20ClFN4O2. The van der Waals surface area contributed by atoms with Crippen LogP contribution in [0.2, 0.25) is 5.02 Å². The highest BCUT2D eigenvalue weighted by Gasteiger charge is 2.29. The minimum atomic E-state index is -1.04. The number of benzene rings is 1. The molecule has 6 nitrogen and oxygen atoms in total. The molecule has 1 saturated carbocycles. The van der Waals surface area contributed by atoms with Crippen LogP contribution in [0.15, 0.2) is 60.9 Å². The van der Waals surface area contributed by atoms with Gasteiger partial charge in [0.05, 0.1) is 27.3 Å². The lowest BCUT2D eigenvalue weighted by Gasteiger charge is -2.31. The maximum atomic E-state index is 14.4. The largest absolute Gasteiger partial charge is 0.478 e. The van der Waals surface area contributed by atoms with E-state index in [9.17, 15) is 9.18 Å². The van der Waals surface area contributed by atoms with Crippen LogP contribution in [0.1, 0.15) is 41.8 Å². The highest BCUT2D eigenvalue weighted by molar-refractivity contribution is 6.32. The second-order valence-electron chi connectivity index (χ2n) is 8.16. The number of hydrogen-bond acceptors (Lipinski definition) is 4. The van der Waals surface area contributed by atoms with Crippen molar-refractivity contribution in [3.8, 4) is 0 Å². The number of carbonyl (C=O) groups is 1. The first-order valence-electron chi connectivity index (χ1n) is 10.9. The summed E-state index contributed by atoms with van der Waals surface area (Å²) in [7, 11) is 0. The molecule has 0 amide bonds. The molecule has 34 heavy (non-hydrogen) atoms. The Kier molecular flexibility index (Phi) is 5.94. The first kappa shape index (κ1) is 22.0. The predicted molar refractivity (Wildman–Crippen MR) is 129 cm³/mol. The van der Waals surface area contributed by atoms with Gasteiger partial charge in [0, 0.05) is 24.0 Å². The number of aliphatic carboxylic acids is 1. The van der Waals surface area contributed by atoms with Crippen molar-refractivity contribution >= 4 is 45.7 Å². The molecule has 1 aromatic carbocycles. The number of aromatic nitrogens is 4. The van der Waals surface area contributed by atoms with Gasteiger partial charge >= 0.3 is 5.97 Å². The van der Waals surface area contributed by atoms with Crippen LogP contribution in [0.5, 0.6) is 0 Å². The van der Waals surface area contributed by atoms with E-state index in [1.807, 2.05) is 18.2 Å². The molecule has 1 aliphatic rings. The summed E-state index contributed by atoms with van der Waals surface area (Å²) in [4.78, 5) is 19.9. The molecular weight excluding hydrogens is 455 g/mol. The molecule has 3 heterocycles. The maximum Gasteiger partial charge on any atom is 0.328 e. The van der Waals surface area contributed by atoms with Gasteiger partial charge in [0.2, 0.25) is 5.95 Å². The number of H-pyrrole nitrogens is 1. The lowest BCUT2D eigenvalue weighted by molar-refractivity contribution is -0.131. The van der Waals surface area contributed by atoms with Gasteiger partial charge in [0.1, 0.15) is 0 Å². The Labute approximate surface area is 199 Å². The molecule has 8 heteroatoms. The average Bonchev–Trinajstić information content (AvgIpc) is 3.17. The van der Waals surface area contributed by atoms with E-state index in [2.05, 4.69) is 20.2 Å². The van der Waals surface area contributed by atoms with Crippen LogP contribution >= 0.6 is 11.6 Å². The van der Waals surface area contributed by atoms with Gasteiger partial charge in [-0.05, 0) is 71.9 Å². The predicted octanol–water partition coefficient (Wildman–Crippen LogP) is 6.00. The zero-order valence-electron chi connectivity index (χ0n) is 18.0. The van der Waals surface area contributed by atoms with Crippen molar-refractivity contribution in [2.45, 2.75) is 19.3 Å². The molecule has 3 aromatic heterocycles. The number of fused-ring (bicyclic) bond motifs is 1. The van der Waals surface area contributed by atoms with Gasteiger partial charge in [-0.1, -0.05) is 30.2 Å². The van der Waals surface area contributed by atoms with Gasteiger partial charge in [-0.2, -0.15) is 9.49 Å². The molecule has 0 saturated heterocycles. The van der Waals surface area contributed by atoms with Gasteiger partial charge in [-0.25, -0.2) is 4.79 Å². The van der Waals surface area contributed by atoms with Crippen molar-refractivity contribution in [2.75, 3.05) is 0 Å². The molecule has 0 unspecified atom stereocenters. The zero-order chi connectivity index (χ0) is 23.7. The van der Waals surface area contributed by atoms with Crippen LogP contribution in [-0.4, -0.2) is 31.2 Å². The Balaban J connectivity index is 1.76. The number of rotatable bonds is 6. The molecule has 0 spiro atoms. The highest BCUT2D eigenvalue weighted by atomic mass is 35.5. The number of carboxylic acid groups (broad SMARTS) is 1. The minimum absolute atomic E-state index is 0.249. The van der Waals surface area contributed by atoms with E-state index in [0.717, 1.165) is 47.6 Å². The first-order chi connectivity index (χ1) is 16.5. The standard InChI is InChI=1S/C26H20ClFN4O2/c27-20-5-2-12-29-25(20)24(15-3-1-4-15)23(16-7-10-21-19(13-16)26(28)32-31-21)17-6-8-18(30-14-17)9-11-22(33)34/h2,5-15H,1,3-4H2,(H,31,32)(H,33,34). The topological polar surface area (TPSA) is 91.8 Å². The summed E-state index contributed by atoms with van der Waals surface area (Å²) in [5.41, 5.74) is 5.22. The smallest absolute Gasteiger partial charge is 0.328 e. The summed E-state index contributed by atoms with van der Waals surface area (Å²) in [6.07, 6.45) is 9.00. The van der Waals surface area contributed by atoms with E-state index in [4.69, 9.17) is 16.7 Å². The summed E-state index contributed by atoms with van der Waals surface area (Å²) in [6.45, 7) is 0. The quantitative estimate of drug-likeness (QED) is 0.334. The lowest BCUT2D eigenvalue weighted by Crippen LogP contribution is -2.16. The fourth-order valence-corrected chi connectivity index (χ4v) is 4.44. The average molecular weight is 475 g/mol. The van der Waals surface area contributed by atoms with E-state index in [0.29, 0.717) is 27.3 Å². The monoisotopic (exact) mass is 474 g/mol. The molecule has 1 fully saturated rings. The second-order valence-corrected chi connectivity index (χ2v) is 8.57. The lowest BCUT2D eigenvalue weighted by atomic mass is 9.74. The summed E-state index contributed by atoms with van der Waals surface area (Å²) in [5, 5.41) is 16.2. The first-order valence-corrected chi connectivity index (χ1v) is 11.3. The minimum Gasteiger partial charge on any atom is -0.478 e. The van der Waals surface area contributed by atoms with E-state index in [1.54, 1.807) is 36.7 Å². The van der Waals surface area contributed by atoms with E-state index in [1.165, 1.54) is 6.08 Å². The van der Waals surface area contributed by atoms with Gasteiger partial charge in [0.25, 0.3) is 0 Å². The molecule has 2 N–H and O–H groups in total. The molecule has 0 radical (unpaired) electrons. The van der Waals surface area contributed by atoms with Crippen LogP contribution < -0.4 is 0 Å². The number of hydrogen-bond donors (Lipinski definition) is 2. The molecule has 0 bridgehead atoms. The Morgan fingerprint density at radius 1 is 1.15 bits per heavy atom. The van der Waals surface area contributed by atoms with Crippen LogP contribution in [0.4, 0.5) is 4.39 Å². The number of nitrogens with zero attached hydrogens (tertiary/aromatic N) is 3. The SMILES string of the molecule is O=C(O)C=Cc1ccc(C(=C(c2ncccc2Cl)C2CCC2)c2ccc3n[nH]c(F)c3c2)cn1. The molecule has 0 aliphatic heterocycles. The maximum absolute atomic E-state index is 14.4. The number of allylic oxidation sites excluding steroid dienone is 1. The Morgan fingerprint density at radius 2 is 1.97 bits per heavy atom. The highest BCUT2D eigenvalue weighted by Crippen LogP contribution is 2.46. The number of nitrogens with one attached hydrogen (secondary N) is 1. The van der Waals surface area contributed by atoms with Gasteiger partial charge in [-0.3, -0.25) is 15.1 Å². The summed E-state index contributed by atoms with van der Waals surface area (Å²) in [6, 6.07) is 12.7. The van der Waals surface area contributed by atoms with Gasteiger partial charge < -0.3 is 5.11 Å². The fourth-order valence-electron chi connectivity index (χ4n) is 4.22. The van der Waals surface area contributed by atoms with Crippen molar-refractivity contribution in [3.05, 3.63) is 94.4 Å². The van der Waals surface area contributed by atoms with Crippen molar-refractivity contribution in [3.63, 3.8) is 0 Å².